The fraction of sp³-hybridized carbons (Fsp3) is 0.304. The Balaban J connectivity index is 1.27. The quantitative estimate of drug-likeness (QED) is 0.552. The van der Waals surface area contributed by atoms with Gasteiger partial charge >= 0.3 is 0 Å². The fourth-order valence-corrected chi connectivity index (χ4v) is 4.41. The Hall–Kier alpha value is -3.04. The van der Waals surface area contributed by atoms with Crippen LogP contribution in [0.15, 0.2) is 53.3 Å². The summed E-state index contributed by atoms with van der Waals surface area (Å²) in [5, 5.41) is 6.13. The van der Waals surface area contributed by atoms with Gasteiger partial charge in [0.2, 0.25) is 11.9 Å². The summed E-state index contributed by atoms with van der Waals surface area (Å²) in [6.45, 7) is 2.25. The molecule has 8 nitrogen and oxygen atoms in total. The lowest BCUT2D eigenvalue weighted by molar-refractivity contribution is -0.124. The smallest absolute Gasteiger partial charge is 0.253 e. The second kappa shape index (κ2) is 9.22. The van der Waals surface area contributed by atoms with Gasteiger partial charge in [-0.3, -0.25) is 4.79 Å². The Morgan fingerprint density at radius 3 is 2.91 bits per heavy atom. The molecule has 164 valence electrons. The number of aromatic nitrogens is 3. The minimum absolute atomic E-state index is 0.112. The van der Waals surface area contributed by atoms with Gasteiger partial charge in [0.15, 0.2) is 0 Å². The molecule has 0 aliphatic carbocycles. The van der Waals surface area contributed by atoms with Crippen molar-refractivity contribution in [2.24, 2.45) is 0 Å². The maximum absolute atomic E-state index is 12.3. The van der Waals surface area contributed by atoms with Gasteiger partial charge in [-0.1, -0.05) is 28.1 Å². The van der Waals surface area contributed by atoms with E-state index in [1.807, 2.05) is 24.3 Å². The van der Waals surface area contributed by atoms with Crippen molar-refractivity contribution in [2.45, 2.75) is 31.9 Å². The second-order valence-corrected chi connectivity index (χ2v) is 8.81. The van der Waals surface area contributed by atoms with Crippen molar-refractivity contribution in [3.63, 3.8) is 0 Å². The average Bonchev–Trinajstić information content (AvgIpc) is 3.34. The highest BCUT2D eigenvalue weighted by Gasteiger charge is 2.23. The molecule has 3 aromatic rings. The Bertz CT molecular complexity index is 1130. The van der Waals surface area contributed by atoms with Crippen LogP contribution in [0.4, 0.5) is 23.3 Å². The number of hydrogen-bond acceptors (Lipinski definition) is 7. The predicted octanol–water partition coefficient (Wildman–Crippen LogP) is 4.06. The highest BCUT2D eigenvalue weighted by atomic mass is 79.9. The van der Waals surface area contributed by atoms with E-state index in [-0.39, 0.29) is 12.0 Å². The lowest BCUT2D eigenvalue weighted by atomic mass is 10.0. The lowest BCUT2D eigenvalue weighted by Gasteiger charge is -2.29. The molecule has 1 saturated heterocycles. The largest absolute Gasteiger partial charge is 0.368 e. The van der Waals surface area contributed by atoms with E-state index in [0.717, 1.165) is 42.5 Å². The molecule has 0 bridgehead atoms. The van der Waals surface area contributed by atoms with Crippen LogP contribution in [0.3, 0.4) is 0 Å². The molecule has 0 radical (unpaired) electrons. The third kappa shape index (κ3) is 4.73. The number of carbonyl (C=O) groups excluding carboxylic acids is 1. The van der Waals surface area contributed by atoms with E-state index in [2.05, 4.69) is 64.6 Å². The van der Waals surface area contributed by atoms with Crippen LogP contribution in [0.1, 0.15) is 24.0 Å². The summed E-state index contributed by atoms with van der Waals surface area (Å²) < 4.78 is 6.55. The summed E-state index contributed by atoms with van der Waals surface area (Å²) in [5.74, 6) is 0.984. The van der Waals surface area contributed by atoms with Gasteiger partial charge in [-0.05, 0) is 60.7 Å². The summed E-state index contributed by atoms with van der Waals surface area (Å²) in [6, 6.07) is 13.9. The third-order valence-corrected chi connectivity index (χ3v) is 6.12. The molecule has 0 spiro atoms. The first kappa shape index (κ1) is 20.8. The summed E-state index contributed by atoms with van der Waals surface area (Å²) in [6.07, 6.45) is 3.77. The van der Waals surface area contributed by atoms with Crippen molar-refractivity contribution >= 4 is 45.1 Å². The van der Waals surface area contributed by atoms with Crippen LogP contribution < -0.4 is 15.5 Å². The standard InChI is InChI=1S/C23H23BrN6O2/c24-17-7-6-16-13-30(9-8-15(16)11-17)23-26-14-25-22(29-23)28-19-4-1-3-18(12-19)27-21(31)20-5-2-10-32-20/h1,3-4,6-7,11-12,14,20H,2,5,8-10,13H2,(H,27,31)(H,25,26,28,29)/t20-/m0/s1. The zero-order valence-corrected chi connectivity index (χ0v) is 19.0. The number of carbonyl (C=O) groups is 1. The van der Waals surface area contributed by atoms with Crippen LogP contribution in [0.5, 0.6) is 0 Å². The summed E-state index contributed by atoms with van der Waals surface area (Å²) >= 11 is 3.54. The van der Waals surface area contributed by atoms with Crippen LogP contribution in [-0.4, -0.2) is 40.1 Å². The molecular weight excluding hydrogens is 472 g/mol. The van der Waals surface area contributed by atoms with Gasteiger partial charge in [-0.15, -0.1) is 0 Å². The molecule has 9 heteroatoms. The molecule has 1 aromatic heterocycles. The fourth-order valence-electron chi connectivity index (χ4n) is 4.00. The Morgan fingerprint density at radius 1 is 1.12 bits per heavy atom. The highest BCUT2D eigenvalue weighted by molar-refractivity contribution is 9.10. The number of nitrogens with one attached hydrogen (secondary N) is 2. The third-order valence-electron chi connectivity index (χ3n) is 5.63. The SMILES string of the molecule is O=C(Nc1cccc(Nc2ncnc(N3CCc4cc(Br)ccc4C3)n2)c1)[C@@H]1CCCO1. The minimum Gasteiger partial charge on any atom is -0.368 e. The molecule has 2 N–H and O–H groups in total. The number of anilines is 4. The van der Waals surface area contributed by atoms with Gasteiger partial charge in [0.25, 0.3) is 5.91 Å². The number of ether oxygens (including phenoxy) is 1. The number of fused-ring (bicyclic) bond motifs is 1. The zero-order valence-electron chi connectivity index (χ0n) is 17.4. The molecule has 2 aliphatic heterocycles. The van der Waals surface area contributed by atoms with Crippen molar-refractivity contribution < 1.29 is 9.53 Å². The normalized spacial score (nSPS) is 17.7. The summed E-state index contributed by atoms with van der Waals surface area (Å²) in [7, 11) is 0. The van der Waals surface area contributed by atoms with E-state index < -0.39 is 0 Å². The molecule has 0 saturated carbocycles. The van der Waals surface area contributed by atoms with Gasteiger partial charge in [-0.2, -0.15) is 4.98 Å². The number of rotatable bonds is 5. The van der Waals surface area contributed by atoms with E-state index in [1.54, 1.807) is 0 Å². The molecule has 2 aromatic carbocycles. The van der Waals surface area contributed by atoms with Crippen molar-refractivity contribution in [1.29, 1.82) is 0 Å². The van der Waals surface area contributed by atoms with Crippen LogP contribution >= 0.6 is 15.9 Å². The van der Waals surface area contributed by atoms with Crippen LogP contribution in [0.25, 0.3) is 0 Å². The van der Waals surface area contributed by atoms with Crippen LogP contribution in [0, 0.1) is 0 Å². The first-order valence-corrected chi connectivity index (χ1v) is 11.4. The number of amides is 1. The van der Waals surface area contributed by atoms with E-state index in [4.69, 9.17) is 4.74 Å². The van der Waals surface area contributed by atoms with E-state index in [1.165, 1.54) is 17.5 Å². The Kier molecular flexibility index (Phi) is 6.00. The first-order chi connectivity index (χ1) is 15.6. The zero-order chi connectivity index (χ0) is 21.9. The van der Waals surface area contributed by atoms with Crippen molar-refractivity contribution in [3.05, 3.63) is 64.4 Å². The van der Waals surface area contributed by atoms with Gasteiger partial charge in [-0.25, -0.2) is 9.97 Å². The Labute approximate surface area is 194 Å². The monoisotopic (exact) mass is 494 g/mol. The second-order valence-electron chi connectivity index (χ2n) is 7.89. The molecule has 32 heavy (non-hydrogen) atoms. The van der Waals surface area contributed by atoms with Gasteiger partial charge < -0.3 is 20.3 Å². The predicted molar refractivity (Wildman–Crippen MR) is 126 cm³/mol. The van der Waals surface area contributed by atoms with Gasteiger partial charge in [0.1, 0.15) is 12.4 Å². The average molecular weight is 495 g/mol. The number of nitrogens with zero attached hydrogens (tertiary/aromatic N) is 4. The molecular formula is C23H23BrN6O2. The molecule has 5 rings (SSSR count). The van der Waals surface area contributed by atoms with Crippen molar-refractivity contribution in [2.75, 3.05) is 28.7 Å². The van der Waals surface area contributed by atoms with E-state index in [0.29, 0.717) is 24.2 Å². The van der Waals surface area contributed by atoms with Crippen molar-refractivity contribution in [3.8, 4) is 0 Å². The van der Waals surface area contributed by atoms with Gasteiger partial charge in [0.05, 0.1) is 0 Å². The highest BCUT2D eigenvalue weighted by Crippen LogP contribution is 2.26. The van der Waals surface area contributed by atoms with E-state index >= 15 is 0 Å². The minimum atomic E-state index is -0.367. The van der Waals surface area contributed by atoms with Crippen LogP contribution in [-0.2, 0) is 22.5 Å². The summed E-state index contributed by atoms with van der Waals surface area (Å²) in [5.41, 5.74) is 4.11. The van der Waals surface area contributed by atoms with Crippen molar-refractivity contribution in [1.82, 2.24) is 15.0 Å². The summed E-state index contributed by atoms with van der Waals surface area (Å²) in [4.78, 5) is 27.7. The number of benzene rings is 2. The molecule has 1 fully saturated rings. The number of hydrogen-bond donors (Lipinski definition) is 2. The number of halogens is 1. The molecule has 2 aliphatic rings. The van der Waals surface area contributed by atoms with Crippen LogP contribution in [0.2, 0.25) is 0 Å². The molecule has 1 amide bonds. The van der Waals surface area contributed by atoms with E-state index in [9.17, 15) is 4.79 Å². The maximum atomic E-state index is 12.3. The van der Waals surface area contributed by atoms with Gasteiger partial charge in [0, 0.05) is 35.5 Å². The molecule has 0 unspecified atom stereocenters. The maximum Gasteiger partial charge on any atom is 0.253 e. The first-order valence-electron chi connectivity index (χ1n) is 10.6. The molecule has 3 heterocycles. The Morgan fingerprint density at radius 2 is 2.03 bits per heavy atom. The topological polar surface area (TPSA) is 92.3 Å². The molecule has 1 atom stereocenters. The lowest BCUT2D eigenvalue weighted by Crippen LogP contribution is -2.32.